The van der Waals surface area contributed by atoms with Crippen molar-refractivity contribution >= 4 is 6.09 Å². The van der Waals surface area contributed by atoms with Crippen LogP contribution in [0.4, 0.5) is 9.18 Å². The molecule has 0 unspecified atom stereocenters. The molecule has 1 fully saturated rings. The van der Waals surface area contributed by atoms with Gasteiger partial charge in [0.25, 0.3) is 0 Å². The van der Waals surface area contributed by atoms with Crippen LogP contribution in [0, 0.1) is 0 Å². The third-order valence-electron chi connectivity index (χ3n) is 4.73. The summed E-state index contributed by atoms with van der Waals surface area (Å²) in [5, 5.41) is 0. The van der Waals surface area contributed by atoms with Crippen molar-refractivity contribution in [2.75, 3.05) is 33.3 Å². The first-order chi connectivity index (χ1) is 10.6. The van der Waals surface area contributed by atoms with Crippen molar-refractivity contribution in [2.45, 2.75) is 31.5 Å². The number of rotatable bonds is 2. The molecule has 0 aromatic heterocycles. The summed E-state index contributed by atoms with van der Waals surface area (Å²) >= 11 is 0. The van der Waals surface area contributed by atoms with Crippen LogP contribution in [0.15, 0.2) is 24.3 Å². The van der Waals surface area contributed by atoms with Gasteiger partial charge in [-0.1, -0.05) is 24.3 Å². The van der Waals surface area contributed by atoms with Gasteiger partial charge < -0.3 is 14.5 Å². The Bertz CT molecular complexity index is 541. The number of nitrogens with zero attached hydrogens (tertiary/aromatic N) is 2. The van der Waals surface area contributed by atoms with Gasteiger partial charge in [-0.25, -0.2) is 9.18 Å². The molecule has 4 nitrogen and oxygen atoms in total. The van der Waals surface area contributed by atoms with E-state index in [0.717, 1.165) is 12.0 Å². The van der Waals surface area contributed by atoms with Crippen molar-refractivity contribution in [3.05, 3.63) is 35.4 Å². The molecule has 0 atom stereocenters. The van der Waals surface area contributed by atoms with Crippen molar-refractivity contribution in [2.24, 2.45) is 0 Å². The van der Waals surface area contributed by atoms with E-state index < -0.39 is 11.8 Å². The van der Waals surface area contributed by atoms with Crippen LogP contribution in [-0.4, -0.2) is 54.9 Å². The lowest BCUT2D eigenvalue weighted by Gasteiger charge is -2.35. The number of hydrogen-bond donors (Lipinski definition) is 0. The number of alkyl halides is 1. The molecule has 1 aromatic rings. The molecule has 1 aromatic carbocycles. The van der Waals surface area contributed by atoms with E-state index >= 15 is 0 Å². The van der Waals surface area contributed by atoms with E-state index in [4.69, 9.17) is 4.74 Å². The van der Waals surface area contributed by atoms with E-state index in [1.54, 1.807) is 4.90 Å². The molecule has 2 heterocycles. The van der Waals surface area contributed by atoms with Gasteiger partial charge >= 0.3 is 6.09 Å². The number of piperidine rings is 1. The molecule has 5 heteroatoms. The molecule has 1 amide bonds. The van der Waals surface area contributed by atoms with E-state index in [1.807, 2.05) is 25.2 Å². The molecule has 2 aliphatic heterocycles. The van der Waals surface area contributed by atoms with E-state index in [9.17, 15) is 9.18 Å². The highest BCUT2D eigenvalue weighted by Gasteiger charge is 2.35. The highest BCUT2D eigenvalue weighted by Crippen LogP contribution is 2.27. The zero-order valence-corrected chi connectivity index (χ0v) is 13.1. The molecule has 0 radical (unpaired) electrons. The van der Waals surface area contributed by atoms with Crippen molar-refractivity contribution in [3.63, 3.8) is 0 Å². The first kappa shape index (κ1) is 15.3. The topological polar surface area (TPSA) is 32.8 Å². The number of benzene rings is 1. The second-order valence-electron chi connectivity index (χ2n) is 6.45. The average Bonchev–Trinajstić information content (AvgIpc) is 2.55. The fourth-order valence-electron chi connectivity index (χ4n) is 3.10. The first-order valence-corrected chi connectivity index (χ1v) is 7.92. The molecule has 3 rings (SSSR count). The van der Waals surface area contributed by atoms with Crippen LogP contribution in [0.2, 0.25) is 0 Å². The molecular formula is C17H23FN2O2. The van der Waals surface area contributed by atoms with E-state index in [1.165, 1.54) is 5.56 Å². The van der Waals surface area contributed by atoms with E-state index in [0.29, 0.717) is 39.0 Å². The normalized spacial score (nSPS) is 21.3. The Balaban J connectivity index is 1.53. The molecule has 0 N–H and O–H groups in total. The third-order valence-corrected chi connectivity index (χ3v) is 4.73. The SMILES string of the molecule is CN1CCC(F)(COC(=O)N2CCc3ccccc3C2)CC1. The molecule has 0 aliphatic carbocycles. The van der Waals surface area contributed by atoms with Gasteiger partial charge in [0.15, 0.2) is 0 Å². The largest absolute Gasteiger partial charge is 0.446 e. The summed E-state index contributed by atoms with van der Waals surface area (Å²) in [6.07, 6.45) is 1.29. The highest BCUT2D eigenvalue weighted by molar-refractivity contribution is 5.68. The molecule has 2 aliphatic rings. The summed E-state index contributed by atoms with van der Waals surface area (Å²) < 4.78 is 19.9. The number of carbonyl (C=O) groups excluding carboxylic acids is 1. The summed E-state index contributed by atoms with van der Waals surface area (Å²) in [5.41, 5.74) is 1.07. The molecular weight excluding hydrogens is 283 g/mol. The Morgan fingerprint density at radius 1 is 1.23 bits per heavy atom. The van der Waals surface area contributed by atoms with Gasteiger partial charge in [-0.05, 0) is 37.4 Å². The molecule has 0 bridgehead atoms. The second-order valence-corrected chi connectivity index (χ2v) is 6.45. The standard InChI is InChI=1S/C17H23FN2O2/c1-19-10-7-17(18,8-11-19)13-22-16(21)20-9-6-14-4-2-3-5-15(14)12-20/h2-5H,6-13H2,1H3. The average molecular weight is 306 g/mol. The second kappa shape index (κ2) is 6.24. The maximum Gasteiger partial charge on any atom is 0.410 e. The van der Waals surface area contributed by atoms with Gasteiger partial charge in [-0.15, -0.1) is 0 Å². The van der Waals surface area contributed by atoms with Crippen molar-refractivity contribution < 1.29 is 13.9 Å². The molecule has 0 saturated carbocycles. The Morgan fingerprint density at radius 3 is 2.64 bits per heavy atom. The fourth-order valence-corrected chi connectivity index (χ4v) is 3.10. The van der Waals surface area contributed by atoms with Gasteiger partial charge in [0.1, 0.15) is 12.3 Å². The van der Waals surface area contributed by atoms with E-state index in [-0.39, 0.29) is 6.61 Å². The van der Waals surface area contributed by atoms with Gasteiger partial charge in [0.05, 0.1) is 0 Å². The van der Waals surface area contributed by atoms with Crippen molar-refractivity contribution in [1.29, 1.82) is 0 Å². The van der Waals surface area contributed by atoms with Crippen LogP contribution < -0.4 is 0 Å². The number of likely N-dealkylation sites (tertiary alicyclic amines) is 1. The number of halogens is 1. The van der Waals surface area contributed by atoms with Crippen LogP contribution >= 0.6 is 0 Å². The van der Waals surface area contributed by atoms with Crippen molar-refractivity contribution in [1.82, 2.24) is 9.80 Å². The molecule has 22 heavy (non-hydrogen) atoms. The predicted molar refractivity (Wildman–Crippen MR) is 82.5 cm³/mol. The zero-order valence-electron chi connectivity index (χ0n) is 13.1. The summed E-state index contributed by atoms with van der Waals surface area (Å²) in [6.45, 7) is 2.49. The summed E-state index contributed by atoms with van der Waals surface area (Å²) in [7, 11) is 1.98. The monoisotopic (exact) mass is 306 g/mol. The summed E-state index contributed by atoms with van der Waals surface area (Å²) in [6, 6.07) is 8.11. The van der Waals surface area contributed by atoms with Crippen LogP contribution in [0.5, 0.6) is 0 Å². The summed E-state index contributed by atoms with van der Waals surface area (Å²) in [5.74, 6) is 0. The van der Waals surface area contributed by atoms with Crippen LogP contribution in [-0.2, 0) is 17.7 Å². The Morgan fingerprint density at radius 2 is 1.91 bits per heavy atom. The maximum absolute atomic E-state index is 14.6. The zero-order chi connectivity index (χ0) is 15.6. The number of ether oxygens (including phenoxy) is 1. The molecule has 1 saturated heterocycles. The van der Waals surface area contributed by atoms with Crippen LogP contribution in [0.25, 0.3) is 0 Å². The number of hydrogen-bond acceptors (Lipinski definition) is 3. The van der Waals surface area contributed by atoms with Crippen LogP contribution in [0.1, 0.15) is 24.0 Å². The van der Waals surface area contributed by atoms with Gasteiger partial charge in [0, 0.05) is 26.2 Å². The maximum atomic E-state index is 14.6. The number of amides is 1. The van der Waals surface area contributed by atoms with Gasteiger partial charge in [0.2, 0.25) is 0 Å². The molecule has 0 spiro atoms. The van der Waals surface area contributed by atoms with Crippen LogP contribution in [0.3, 0.4) is 0 Å². The minimum atomic E-state index is -1.37. The lowest BCUT2D eigenvalue weighted by Crippen LogP contribution is -2.44. The van der Waals surface area contributed by atoms with Gasteiger partial charge in [-0.2, -0.15) is 0 Å². The number of carbonyl (C=O) groups is 1. The first-order valence-electron chi connectivity index (χ1n) is 7.92. The minimum Gasteiger partial charge on any atom is -0.446 e. The molecule has 120 valence electrons. The predicted octanol–water partition coefficient (Wildman–Crippen LogP) is 2.62. The van der Waals surface area contributed by atoms with E-state index in [2.05, 4.69) is 11.0 Å². The van der Waals surface area contributed by atoms with Crippen molar-refractivity contribution in [3.8, 4) is 0 Å². The van der Waals surface area contributed by atoms with Gasteiger partial charge in [-0.3, -0.25) is 0 Å². The Kier molecular flexibility index (Phi) is 4.34. The minimum absolute atomic E-state index is 0.127. The fraction of sp³-hybridized carbons (Fsp3) is 0.588. The lowest BCUT2D eigenvalue weighted by molar-refractivity contribution is -0.00584. The Labute approximate surface area is 130 Å². The smallest absolute Gasteiger partial charge is 0.410 e. The third kappa shape index (κ3) is 3.40. The quantitative estimate of drug-likeness (QED) is 0.842. The number of fused-ring (bicyclic) bond motifs is 1. The summed E-state index contributed by atoms with van der Waals surface area (Å²) in [4.78, 5) is 15.9. The highest BCUT2D eigenvalue weighted by atomic mass is 19.1. The lowest BCUT2D eigenvalue weighted by atomic mass is 9.95. The Hall–Kier alpha value is -1.62.